The summed E-state index contributed by atoms with van der Waals surface area (Å²) in [4.78, 5) is 17.0. The Labute approximate surface area is 146 Å². The summed E-state index contributed by atoms with van der Waals surface area (Å²) in [5, 5.41) is 9.17. The maximum absolute atomic E-state index is 12.9. The van der Waals surface area contributed by atoms with Gasteiger partial charge in [0.1, 0.15) is 11.8 Å². The van der Waals surface area contributed by atoms with Crippen LogP contribution in [0.4, 0.5) is 0 Å². The maximum atomic E-state index is 12.9. The van der Waals surface area contributed by atoms with Crippen molar-refractivity contribution in [2.24, 2.45) is 0 Å². The zero-order valence-corrected chi connectivity index (χ0v) is 14.4. The van der Waals surface area contributed by atoms with Crippen LogP contribution < -0.4 is 0 Å². The molecule has 1 saturated heterocycles. The molecule has 1 aliphatic heterocycles. The van der Waals surface area contributed by atoms with Crippen LogP contribution in [0.15, 0.2) is 47.5 Å². The highest BCUT2D eigenvalue weighted by Crippen LogP contribution is 2.21. The average Bonchev–Trinajstić information content (AvgIpc) is 3.05. The number of rotatable bonds is 3. The summed E-state index contributed by atoms with van der Waals surface area (Å²) in [6, 6.07) is 11.6. The Morgan fingerprint density at radius 1 is 1.08 bits per heavy atom. The molecule has 130 valence electrons. The molecule has 1 fully saturated rings. The Kier molecular flexibility index (Phi) is 4.88. The summed E-state index contributed by atoms with van der Waals surface area (Å²) in [6.07, 6.45) is 2.22. The van der Waals surface area contributed by atoms with Crippen LogP contribution in [0.5, 0.6) is 0 Å². The molecule has 0 spiro atoms. The van der Waals surface area contributed by atoms with Gasteiger partial charge in [0.15, 0.2) is 0 Å². The second kappa shape index (κ2) is 7.09. The number of nitrogens with zero attached hydrogens (tertiary/aromatic N) is 3. The summed E-state index contributed by atoms with van der Waals surface area (Å²) in [7, 11) is -3.77. The van der Waals surface area contributed by atoms with E-state index in [0.29, 0.717) is 31.7 Å². The Morgan fingerprint density at radius 3 is 2.60 bits per heavy atom. The Balaban J connectivity index is 1.79. The topological polar surface area (TPSA) is 97.3 Å². The first-order valence-electron chi connectivity index (χ1n) is 7.96. The van der Waals surface area contributed by atoms with Crippen molar-refractivity contribution in [3.8, 4) is 6.07 Å². The van der Waals surface area contributed by atoms with Gasteiger partial charge >= 0.3 is 0 Å². The molecule has 0 atom stereocenters. The molecule has 0 unspecified atom stereocenters. The predicted octanol–water partition coefficient (Wildman–Crippen LogP) is 1.42. The fourth-order valence-electron chi connectivity index (χ4n) is 2.89. The predicted molar refractivity (Wildman–Crippen MR) is 91.2 cm³/mol. The largest absolute Gasteiger partial charge is 0.357 e. The van der Waals surface area contributed by atoms with Crippen molar-refractivity contribution in [2.45, 2.75) is 11.3 Å². The second-order valence-corrected chi connectivity index (χ2v) is 7.65. The number of amides is 1. The number of H-pyrrole nitrogens is 1. The van der Waals surface area contributed by atoms with Gasteiger partial charge in [-0.25, -0.2) is 8.42 Å². The number of carbonyl (C=O) groups is 1. The number of nitrogens with one attached hydrogen (secondary N) is 1. The van der Waals surface area contributed by atoms with E-state index < -0.39 is 10.0 Å². The SMILES string of the molecule is N#Cc1ccccc1S(=O)(=O)N1CCCN(C(=O)c2ccc[nH]2)CC1. The van der Waals surface area contributed by atoms with Crippen molar-refractivity contribution < 1.29 is 13.2 Å². The van der Waals surface area contributed by atoms with Crippen LogP contribution >= 0.6 is 0 Å². The lowest BCUT2D eigenvalue weighted by Gasteiger charge is -2.22. The van der Waals surface area contributed by atoms with Crippen molar-refractivity contribution in [1.82, 2.24) is 14.2 Å². The first-order valence-corrected chi connectivity index (χ1v) is 9.40. The lowest BCUT2D eigenvalue weighted by molar-refractivity contribution is 0.0759. The van der Waals surface area contributed by atoms with Gasteiger partial charge in [0, 0.05) is 32.4 Å². The van der Waals surface area contributed by atoms with Crippen molar-refractivity contribution >= 4 is 15.9 Å². The van der Waals surface area contributed by atoms with Crippen LogP contribution in [0.25, 0.3) is 0 Å². The first kappa shape index (κ1) is 17.2. The fourth-order valence-corrected chi connectivity index (χ4v) is 4.51. The van der Waals surface area contributed by atoms with Gasteiger partial charge in [0.2, 0.25) is 10.0 Å². The van der Waals surface area contributed by atoms with Gasteiger partial charge in [-0.3, -0.25) is 4.79 Å². The third-order valence-electron chi connectivity index (χ3n) is 4.20. The van der Waals surface area contributed by atoms with E-state index in [9.17, 15) is 13.2 Å². The van der Waals surface area contributed by atoms with Gasteiger partial charge in [-0.05, 0) is 30.7 Å². The Morgan fingerprint density at radius 2 is 1.88 bits per heavy atom. The summed E-state index contributed by atoms with van der Waals surface area (Å²) in [6.45, 7) is 1.32. The van der Waals surface area contributed by atoms with E-state index in [1.54, 1.807) is 35.4 Å². The maximum Gasteiger partial charge on any atom is 0.270 e. The van der Waals surface area contributed by atoms with Crippen LogP contribution in [0.3, 0.4) is 0 Å². The summed E-state index contributed by atoms with van der Waals surface area (Å²) in [5.74, 6) is -0.137. The third-order valence-corrected chi connectivity index (χ3v) is 6.15. The number of hydrogen-bond donors (Lipinski definition) is 1. The van der Waals surface area contributed by atoms with Crippen LogP contribution in [-0.2, 0) is 10.0 Å². The molecule has 25 heavy (non-hydrogen) atoms. The summed E-state index contributed by atoms with van der Waals surface area (Å²) < 4.78 is 27.1. The minimum Gasteiger partial charge on any atom is -0.357 e. The van der Waals surface area contributed by atoms with E-state index in [1.165, 1.54) is 16.4 Å². The van der Waals surface area contributed by atoms with Gasteiger partial charge < -0.3 is 9.88 Å². The van der Waals surface area contributed by atoms with Crippen molar-refractivity contribution in [3.05, 3.63) is 53.9 Å². The van der Waals surface area contributed by atoms with Crippen LogP contribution in [0.2, 0.25) is 0 Å². The van der Waals surface area contributed by atoms with Gasteiger partial charge in [-0.15, -0.1) is 0 Å². The molecule has 2 aromatic rings. The molecule has 7 nitrogen and oxygen atoms in total. The highest BCUT2D eigenvalue weighted by molar-refractivity contribution is 7.89. The standard InChI is InChI=1S/C17H18N4O3S/c18-13-14-5-1-2-7-16(14)25(23,24)21-10-4-9-20(11-12-21)17(22)15-6-3-8-19-15/h1-3,5-8,19H,4,9-12H2. The normalized spacial score (nSPS) is 16.2. The van der Waals surface area contributed by atoms with E-state index in [-0.39, 0.29) is 22.9 Å². The molecule has 1 aromatic carbocycles. The zero-order valence-electron chi connectivity index (χ0n) is 13.6. The molecule has 1 N–H and O–H groups in total. The van der Waals surface area contributed by atoms with Crippen molar-refractivity contribution in [2.75, 3.05) is 26.2 Å². The highest BCUT2D eigenvalue weighted by atomic mass is 32.2. The molecule has 0 radical (unpaired) electrons. The molecule has 1 aromatic heterocycles. The van der Waals surface area contributed by atoms with Gasteiger partial charge in [-0.2, -0.15) is 9.57 Å². The van der Waals surface area contributed by atoms with Crippen LogP contribution in [0, 0.1) is 11.3 Å². The number of aromatic amines is 1. The fraction of sp³-hybridized carbons (Fsp3) is 0.294. The number of benzene rings is 1. The van der Waals surface area contributed by atoms with Crippen molar-refractivity contribution in [1.29, 1.82) is 5.26 Å². The minimum absolute atomic E-state index is 0.0154. The Bertz CT molecular complexity index is 900. The summed E-state index contributed by atoms with van der Waals surface area (Å²) in [5.41, 5.74) is 0.622. The quantitative estimate of drug-likeness (QED) is 0.897. The average molecular weight is 358 g/mol. The lowest BCUT2D eigenvalue weighted by atomic mass is 10.2. The monoisotopic (exact) mass is 358 g/mol. The molecule has 2 heterocycles. The minimum atomic E-state index is -3.77. The molecule has 3 rings (SSSR count). The number of nitriles is 1. The number of carbonyl (C=O) groups excluding carboxylic acids is 1. The van der Waals surface area contributed by atoms with Crippen LogP contribution in [0.1, 0.15) is 22.5 Å². The molecule has 0 bridgehead atoms. The smallest absolute Gasteiger partial charge is 0.270 e. The molecular weight excluding hydrogens is 340 g/mol. The molecule has 1 aliphatic rings. The molecule has 8 heteroatoms. The molecule has 0 aliphatic carbocycles. The van der Waals surface area contributed by atoms with E-state index >= 15 is 0 Å². The van der Waals surface area contributed by atoms with Crippen molar-refractivity contribution in [3.63, 3.8) is 0 Å². The van der Waals surface area contributed by atoms with Gasteiger partial charge in [0.25, 0.3) is 5.91 Å². The Hall–Kier alpha value is -2.63. The number of hydrogen-bond acceptors (Lipinski definition) is 4. The summed E-state index contributed by atoms with van der Waals surface area (Å²) >= 11 is 0. The van der Waals surface area contributed by atoms with E-state index in [4.69, 9.17) is 5.26 Å². The third kappa shape index (κ3) is 3.43. The molecule has 1 amide bonds. The van der Waals surface area contributed by atoms with E-state index in [0.717, 1.165) is 0 Å². The van der Waals surface area contributed by atoms with E-state index in [2.05, 4.69) is 4.98 Å². The number of sulfonamides is 1. The van der Waals surface area contributed by atoms with Gasteiger partial charge in [-0.1, -0.05) is 12.1 Å². The van der Waals surface area contributed by atoms with Crippen LogP contribution in [-0.4, -0.2) is 54.7 Å². The number of aromatic nitrogens is 1. The zero-order chi connectivity index (χ0) is 17.9. The molecular formula is C17H18N4O3S. The molecule has 0 saturated carbocycles. The second-order valence-electron chi connectivity index (χ2n) is 5.74. The van der Waals surface area contributed by atoms with E-state index in [1.807, 2.05) is 6.07 Å². The lowest BCUT2D eigenvalue weighted by Crippen LogP contribution is -2.37. The van der Waals surface area contributed by atoms with Gasteiger partial charge in [0.05, 0.1) is 10.5 Å². The first-order chi connectivity index (χ1) is 12.0. The highest BCUT2D eigenvalue weighted by Gasteiger charge is 2.30.